The first-order valence-corrected chi connectivity index (χ1v) is 8.52. The molecule has 1 fully saturated rings. The molecule has 1 saturated carbocycles. The van der Waals surface area contributed by atoms with E-state index in [-0.39, 0.29) is 17.6 Å². The van der Waals surface area contributed by atoms with Crippen LogP contribution in [0.2, 0.25) is 0 Å². The minimum atomic E-state index is -4.12. The molecule has 1 aromatic rings. The number of halogens is 2. The van der Waals surface area contributed by atoms with Crippen molar-refractivity contribution in [3.63, 3.8) is 0 Å². The monoisotopic (exact) mass is 318 g/mol. The summed E-state index contributed by atoms with van der Waals surface area (Å²) in [5.41, 5.74) is 5.19. The molecule has 1 aliphatic rings. The van der Waals surface area contributed by atoms with Gasteiger partial charge >= 0.3 is 0 Å². The van der Waals surface area contributed by atoms with Gasteiger partial charge in [0, 0.05) is 12.2 Å². The zero-order valence-electron chi connectivity index (χ0n) is 12.0. The second-order valence-corrected chi connectivity index (χ2v) is 7.44. The van der Waals surface area contributed by atoms with Gasteiger partial charge in [-0.25, -0.2) is 21.9 Å². The van der Waals surface area contributed by atoms with Gasteiger partial charge in [-0.05, 0) is 36.8 Å². The molecule has 21 heavy (non-hydrogen) atoms. The average Bonchev–Trinajstić information content (AvgIpc) is 2.90. The second kappa shape index (κ2) is 5.88. The van der Waals surface area contributed by atoms with E-state index in [1.807, 2.05) is 6.92 Å². The lowest BCUT2D eigenvalue weighted by Crippen LogP contribution is -2.36. The van der Waals surface area contributed by atoms with E-state index in [9.17, 15) is 17.2 Å². The highest BCUT2D eigenvalue weighted by Gasteiger charge is 2.34. The number of sulfonamides is 1. The fourth-order valence-corrected chi connectivity index (χ4v) is 4.16. The van der Waals surface area contributed by atoms with Gasteiger partial charge in [-0.1, -0.05) is 19.8 Å². The molecule has 0 bridgehead atoms. The summed E-state index contributed by atoms with van der Waals surface area (Å²) in [5, 5.41) is 0. The van der Waals surface area contributed by atoms with Crippen LogP contribution in [0.5, 0.6) is 0 Å². The fourth-order valence-electron chi connectivity index (χ4n) is 2.89. The number of hydrogen-bond donors (Lipinski definition) is 2. The highest BCUT2D eigenvalue weighted by atomic mass is 32.2. The summed E-state index contributed by atoms with van der Waals surface area (Å²) in [6, 6.07) is 1.70. The number of rotatable bonds is 5. The number of nitrogen functional groups attached to an aromatic ring is 1. The van der Waals surface area contributed by atoms with Gasteiger partial charge in [0.2, 0.25) is 10.0 Å². The van der Waals surface area contributed by atoms with E-state index in [0.717, 1.165) is 44.2 Å². The summed E-state index contributed by atoms with van der Waals surface area (Å²) >= 11 is 0. The third kappa shape index (κ3) is 3.35. The number of nitrogens with one attached hydrogen (secondary N) is 1. The lowest BCUT2D eigenvalue weighted by atomic mass is 9.84. The number of hydrogen-bond acceptors (Lipinski definition) is 3. The summed E-state index contributed by atoms with van der Waals surface area (Å²) in [6.07, 6.45) is 4.87. The Morgan fingerprint density at radius 1 is 1.29 bits per heavy atom. The van der Waals surface area contributed by atoms with Crippen molar-refractivity contribution in [3.05, 3.63) is 23.8 Å². The lowest BCUT2D eigenvalue weighted by molar-refractivity contribution is 0.285. The van der Waals surface area contributed by atoms with Crippen molar-refractivity contribution >= 4 is 15.7 Å². The van der Waals surface area contributed by atoms with Crippen LogP contribution in [0.15, 0.2) is 17.0 Å². The standard InChI is InChI=1S/C14H20F2N2O2S/c1-2-14(5-3-4-6-14)9-18-21(19,20)12-8-10(17)7-11(15)13(12)16/h7-8,18H,2-6,9,17H2,1H3. The Morgan fingerprint density at radius 2 is 1.90 bits per heavy atom. The Morgan fingerprint density at radius 3 is 2.48 bits per heavy atom. The predicted octanol–water partition coefficient (Wildman–Crippen LogP) is 2.80. The van der Waals surface area contributed by atoms with Gasteiger partial charge in [-0.15, -0.1) is 0 Å². The summed E-state index contributed by atoms with van der Waals surface area (Å²) in [5.74, 6) is -2.66. The van der Waals surface area contributed by atoms with Crippen molar-refractivity contribution in [2.45, 2.75) is 43.9 Å². The topological polar surface area (TPSA) is 72.2 Å². The van der Waals surface area contributed by atoms with Crippen molar-refractivity contribution in [1.82, 2.24) is 4.72 Å². The largest absolute Gasteiger partial charge is 0.399 e. The summed E-state index contributed by atoms with van der Waals surface area (Å²) in [6.45, 7) is 2.25. The van der Waals surface area contributed by atoms with Crippen LogP contribution in [-0.4, -0.2) is 15.0 Å². The van der Waals surface area contributed by atoms with Crippen LogP contribution in [0.25, 0.3) is 0 Å². The van der Waals surface area contributed by atoms with Crippen LogP contribution in [0.1, 0.15) is 39.0 Å². The minimum Gasteiger partial charge on any atom is -0.399 e. The smallest absolute Gasteiger partial charge is 0.243 e. The Kier molecular flexibility index (Phi) is 4.53. The van der Waals surface area contributed by atoms with E-state index in [2.05, 4.69) is 4.72 Å². The van der Waals surface area contributed by atoms with Crippen molar-refractivity contribution in [2.75, 3.05) is 12.3 Å². The van der Waals surface area contributed by atoms with Gasteiger partial charge in [-0.2, -0.15) is 0 Å². The molecule has 0 heterocycles. The van der Waals surface area contributed by atoms with Gasteiger partial charge in [0.05, 0.1) is 0 Å². The van der Waals surface area contributed by atoms with E-state index in [1.54, 1.807) is 0 Å². The first-order valence-electron chi connectivity index (χ1n) is 7.04. The van der Waals surface area contributed by atoms with Gasteiger partial charge in [0.25, 0.3) is 0 Å². The summed E-state index contributed by atoms with van der Waals surface area (Å²) < 4.78 is 53.8. The molecule has 0 atom stereocenters. The van der Waals surface area contributed by atoms with Gasteiger partial charge < -0.3 is 5.73 Å². The van der Waals surface area contributed by atoms with Crippen LogP contribution < -0.4 is 10.5 Å². The maximum Gasteiger partial charge on any atom is 0.243 e. The molecule has 4 nitrogen and oxygen atoms in total. The van der Waals surface area contributed by atoms with E-state index in [4.69, 9.17) is 5.73 Å². The number of anilines is 1. The highest BCUT2D eigenvalue weighted by Crippen LogP contribution is 2.40. The molecular weight excluding hydrogens is 298 g/mol. The molecule has 0 saturated heterocycles. The normalized spacial score (nSPS) is 18.0. The molecule has 1 aliphatic carbocycles. The average molecular weight is 318 g/mol. The third-order valence-electron chi connectivity index (χ3n) is 4.36. The summed E-state index contributed by atoms with van der Waals surface area (Å²) in [7, 11) is -4.12. The maximum atomic E-state index is 13.7. The van der Waals surface area contributed by atoms with Crippen LogP contribution in [0, 0.1) is 17.0 Å². The van der Waals surface area contributed by atoms with Crippen molar-refractivity contribution in [3.8, 4) is 0 Å². The van der Waals surface area contributed by atoms with Crippen molar-refractivity contribution in [1.29, 1.82) is 0 Å². The van der Waals surface area contributed by atoms with Gasteiger partial charge in [0.15, 0.2) is 11.6 Å². The summed E-state index contributed by atoms with van der Waals surface area (Å²) in [4.78, 5) is -0.732. The van der Waals surface area contributed by atoms with Crippen molar-refractivity contribution < 1.29 is 17.2 Å². The molecule has 0 radical (unpaired) electrons. The van der Waals surface area contributed by atoms with Gasteiger partial charge in [0.1, 0.15) is 4.90 Å². The molecule has 7 heteroatoms. The quantitative estimate of drug-likeness (QED) is 0.820. The Bertz CT molecular complexity index is 626. The molecule has 0 aromatic heterocycles. The molecule has 2 rings (SSSR count). The molecule has 0 unspecified atom stereocenters. The van der Waals surface area contributed by atoms with E-state index in [0.29, 0.717) is 0 Å². The SMILES string of the molecule is CCC1(CNS(=O)(=O)c2cc(N)cc(F)c2F)CCCC1. The fraction of sp³-hybridized carbons (Fsp3) is 0.571. The molecular formula is C14H20F2N2O2S. The van der Waals surface area contributed by atoms with Crippen LogP contribution in [0.3, 0.4) is 0 Å². The van der Waals surface area contributed by atoms with Crippen LogP contribution in [0.4, 0.5) is 14.5 Å². The highest BCUT2D eigenvalue weighted by molar-refractivity contribution is 7.89. The Hall–Kier alpha value is -1.21. The second-order valence-electron chi connectivity index (χ2n) is 5.70. The molecule has 1 aromatic carbocycles. The zero-order chi connectivity index (χ0) is 15.7. The predicted molar refractivity (Wildman–Crippen MR) is 77.2 cm³/mol. The van der Waals surface area contributed by atoms with Crippen molar-refractivity contribution in [2.24, 2.45) is 5.41 Å². The van der Waals surface area contributed by atoms with E-state index in [1.165, 1.54) is 0 Å². The first-order chi connectivity index (χ1) is 9.80. The molecule has 3 N–H and O–H groups in total. The number of benzene rings is 1. The van der Waals surface area contributed by atoms with E-state index < -0.39 is 26.6 Å². The lowest BCUT2D eigenvalue weighted by Gasteiger charge is -2.27. The minimum absolute atomic E-state index is 0.0809. The third-order valence-corrected chi connectivity index (χ3v) is 5.76. The first kappa shape index (κ1) is 16.2. The zero-order valence-corrected chi connectivity index (χ0v) is 12.8. The molecule has 0 aliphatic heterocycles. The van der Waals surface area contributed by atoms with Gasteiger partial charge in [-0.3, -0.25) is 0 Å². The van der Waals surface area contributed by atoms with Crippen LogP contribution >= 0.6 is 0 Å². The number of nitrogens with two attached hydrogens (primary N) is 1. The molecule has 118 valence electrons. The molecule has 0 amide bonds. The molecule has 0 spiro atoms. The Balaban J connectivity index is 2.23. The van der Waals surface area contributed by atoms with Crippen LogP contribution in [-0.2, 0) is 10.0 Å². The van der Waals surface area contributed by atoms with E-state index >= 15 is 0 Å². The Labute approximate surface area is 123 Å². The maximum absolute atomic E-state index is 13.7.